The zero-order valence-corrected chi connectivity index (χ0v) is 23.0. The van der Waals surface area contributed by atoms with E-state index in [4.69, 9.17) is 11.6 Å². The van der Waals surface area contributed by atoms with Crippen molar-refractivity contribution >= 4 is 39.1 Å². The fourth-order valence-corrected chi connectivity index (χ4v) is 5.55. The minimum absolute atomic E-state index is 0.103. The summed E-state index contributed by atoms with van der Waals surface area (Å²) in [7, 11) is -3.81. The van der Waals surface area contributed by atoms with E-state index in [2.05, 4.69) is 5.32 Å². The van der Waals surface area contributed by atoms with Gasteiger partial charge in [-0.25, -0.2) is 8.42 Å². The van der Waals surface area contributed by atoms with E-state index in [1.54, 1.807) is 26.0 Å². The summed E-state index contributed by atoms with van der Waals surface area (Å²) in [6.07, 6.45) is 6.25. The average Bonchev–Trinajstić information content (AvgIpc) is 2.83. The maximum Gasteiger partial charge on any atom is 0.244 e. The Morgan fingerprint density at radius 3 is 2.31 bits per heavy atom. The maximum atomic E-state index is 13.7. The molecular weight excluding hydrogens is 498 g/mol. The van der Waals surface area contributed by atoms with E-state index >= 15 is 0 Å². The van der Waals surface area contributed by atoms with Crippen LogP contribution in [0, 0.1) is 13.8 Å². The Kier molecular flexibility index (Phi) is 9.41. The molecule has 0 radical (unpaired) electrons. The molecule has 2 aromatic carbocycles. The zero-order valence-electron chi connectivity index (χ0n) is 21.5. The van der Waals surface area contributed by atoms with E-state index in [-0.39, 0.29) is 18.5 Å². The lowest BCUT2D eigenvalue weighted by molar-refractivity contribution is -0.139. The number of carbonyl (C=O) groups excluding carboxylic acids is 2. The summed E-state index contributed by atoms with van der Waals surface area (Å²) >= 11 is 6.14. The van der Waals surface area contributed by atoms with Crippen molar-refractivity contribution in [3.63, 3.8) is 0 Å². The van der Waals surface area contributed by atoms with Gasteiger partial charge in [-0.1, -0.05) is 66.8 Å². The molecular formula is C27H36ClN3O4S. The Balaban J connectivity index is 1.89. The highest BCUT2D eigenvalue weighted by Crippen LogP contribution is 2.27. The predicted octanol–water partition coefficient (Wildman–Crippen LogP) is 4.59. The first-order valence-electron chi connectivity index (χ1n) is 12.3. The molecule has 0 aliphatic heterocycles. The van der Waals surface area contributed by atoms with Crippen LogP contribution in [0.3, 0.4) is 0 Å². The maximum absolute atomic E-state index is 13.7. The smallest absolute Gasteiger partial charge is 0.244 e. The number of benzene rings is 2. The van der Waals surface area contributed by atoms with Gasteiger partial charge in [0, 0.05) is 17.6 Å². The molecule has 0 aromatic heterocycles. The number of hydrogen-bond donors (Lipinski definition) is 1. The lowest BCUT2D eigenvalue weighted by Crippen LogP contribution is -2.53. The topological polar surface area (TPSA) is 86.8 Å². The molecule has 1 atom stereocenters. The van der Waals surface area contributed by atoms with Crippen LogP contribution >= 0.6 is 11.6 Å². The van der Waals surface area contributed by atoms with Crippen LogP contribution in [0.1, 0.15) is 55.7 Å². The number of anilines is 1. The quantitative estimate of drug-likeness (QED) is 0.511. The molecule has 0 saturated heterocycles. The van der Waals surface area contributed by atoms with Crippen molar-refractivity contribution in [2.75, 3.05) is 17.1 Å². The first kappa shape index (κ1) is 28.0. The van der Waals surface area contributed by atoms with Crippen LogP contribution in [-0.2, 0) is 26.2 Å². The van der Waals surface area contributed by atoms with Gasteiger partial charge in [-0.05, 0) is 56.9 Å². The molecule has 1 saturated carbocycles. The molecule has 1 N–H and O–H groups in total. The van der Waals surface area contributed by atoms with Crippen molar-refractivity contribution in [2.24, 2.45) is 0 Å². The fourth-order valence-electron chi connectivity index (χ4n) is 4.49. The zero-order chi connectivity index (χ0) is 26.5. The van der Waals surface area contributed by atoms with Gasteiger partial charge < -0.3 is 10.2 Å². The van der Waals surface area contributed by atoms with Gasteiger partial charge in [0.25, 0.3) is 0 Å². The second-order valence-corrected chi connectivity index (χ2v) is 12.1. The molecule has 1 fully saturated rings. The minimum Gasteiger partial charge on any atom is -0.352 e. The average molecular weight is 534 g/mol. The van der Waals surface area contributed by atoms with Gasteiger partial charge in [0.1, 0.15) is 12.6 Å². The van der Waals surface area contributed by atoms with Crippen molar-refractivity contribution in [2.45, 2.75) is 71.5 Å². The van der Waals surface area contributed by atoms with Gasteiger partial charge in [-0.3, -0.25) is 13.9 Å². The Morgan fingerprint density at radius 1 is 1.06 bits per heavy atom. The van der Waals surface area contributed by atoms with E-state index in [1.165, 1.54) is 17.4 Å². The number of sulfonamides is 1. The summed E-state index contributed by atoms with van der Waals surface area (Å²) in [4.78, 5) is 28.3. The molecule has 0 bridgehead atoms. The summed E-state index contributed by atoms with van der Waals surface area (Å²) in [5.41, 5.74) is 2.95. The van der Waals surface area contributed by atoms with Gasteiger partial charge in [-0.15, -0.1) is 0 Å². The summed E-state index contributed by atoms with van der Waals surface area (Å²) in [5.74, 6) is -0.695. The summed E-state index contributed by atoms with van der Waals surface area (Å²) in [5, 5.41) is 3.47. The third kappa shape index (κ3) is 7.46. The molecule has 0 heterocycles. The van der Waals surface area contributed by atoms with E-state index in [1.807, 2.05) is 31.2 Å². The van der Waals surface area contributed by atoms with E-state index < -0.39 is 28.5 Å². The Morgan fingerprint density at radius 2 is 1.69 bits per heavy atom. The van der Waals surface area contributed by atoms with Gasteiger partial charge in [0.15, 0.2) is 0 Å². The second-order valence-electron chi connectivity index (χ2n) is 9.73. The largest absolute Gasteiger partial charge is 0.352 e. The highest BCUT2D eigenvalue weighted by atomic mass is 35.5. The molecule has 0 unspecified atom stereocenters. The van der Waals surface area contributed by atoms with E-state index in [9.17, 15) is 18.0 Å². The number of rotatable bonds is 9. The van der Waals surface area contributed by atoms with Gasteiger partial charge in [0.05, 0.1) is 11.9 Å². The van der Waals surface area contributed by atoms with Crippen LogP contribution in [-0.4, -0.2) is 50.0 Å². The monoisotopic (exact) mass is 533 g/mol. The lowest BCUT2D eigenvalue weighted by Gasteiger charge is -2.33. The summed E-state index contributed by atoms with van der Waals surface area (Å²) in [6.45, 7) is 5.18. The number of hydrogen-bond acceptors (Lipinski definition) is 4. The number of amides is 2. The van der Waals surface area contributed by atoms with Crippen molar-refractivity contribution in [1.29, 1.82) is 0 Å². The number of aryl methyl sites for hydroxylation is 2. The molecule has 2 aromatic rings. The third-order valence-electron chi connectivity index (χ3n) is 6.71. The van der Waals surface area contributed by atoms with Gasteiger partial charge in [0.2, 0.25) is 21.8 Å². The molecule has 9 heteroatoms. The van der Waals surface area contributed by atoms with Crippen LogP contribution < -0.4 is 9.62 Å². The standard InChI is InChI=1S/C27H36ClN3O4S/c1-19-10-13-22(14-11-19)17-30(21(3)27(33)29-24-8-6-5-7-9-24)26(32)18-31(36(4,34)35)25-16-23(28)15-12-20(25)2/h10-16,21,24H,5-9,17-18H2,1-4H3,(H,29,33)/t21-/m1/s1. The fraction of sp³-hybridized carbons (Fsp3) is 0.481. The molecule has 36 heavy (non-hydrogen) atoms. The molecule has 0 spiro atoms. The predicted molar refractivity (Wildman–Crippen MR) is 145 cm³/mol. The Labute approximate surface area is 219 Å². The van der Waals surface area contributed by atoms with E-state index in [0.717, 1.165) is 47.4 Å². The summed E-state index contributed by atoms with van der Waals surface area (Å²) in [6, 6.07) is 12.0. The van der Waals surface area contributed by atoms with E-state index in [0.29, 0.717) is 16.3 Å². The molecule has 1 aliphatic carbocycles. The van der Waals surface area contributed by atoms with Crippen molar-refractivity contribution in [3.05, 3.63) is 64.2 Å². The van der Waals surface area contributed by atoms with Crippen molar-refractivity contribution in [1.82, 2.24) is 10.2 Å². The van der Waals surface area contributed by atoms with Crippen molar-refractivity contribution in [3.8, 4) is 0 Å². The second kappa shape index (κ2) is 12.1. The first-order chi connectivity index (χ1) is 17.0. The highest BCUT2D eigenvalue weighted by Gasteiger charge is 2.31. The molecule has 7 nitrogen and oxygen atoms in total. The van der Waals surface area contributed by atoms with Crippen LogP contribution in [0.4, 0.5) is 5.69 Å². The Bertz CT molecular complexity index is 1180. The normalized spacial score (nSPS) is 15.2. The number of carbonyl (C=O) groups is 2. The number of halogens is 1. The van der Waals surface area contributed by atoms with Gasteiger partial charge >= 0.3 is 0 Å². The molecule has 1 aliphatic rings. The van der Waals surface area contributed by atoms with Crippen LogP contribution in [0.5, 0.6) is 0 Å². The van der Waals surface area contributed by atoms with Crippen LogP contribution in [0.15, 0.2) is 42.5 Å². The van der Waals surface area contributed by atoms with Gasteiger partial charge in [-0.2, -0.15) is 0 Å². The Hall–Kier alpha value is -2.58. The SMILES string of the molecule is Cc1ccc(CN(C(=O)CN(c2cc(Cl)ccc2C)S(C)(=O)=O)[C@H](C)C(=O)NC2CCCCC2)cc1. The van der Waals surface area contributed by atoms with Crippen LogP contribution in [0.2, 0.25) is 5.02 Å². The molecule has 3 rings (SSSR count). The summed E-state index contributed by atoms with van der Waals surface area (Å²) < 4.78 is 26.6. The minimum atomic E-state index is -3.81. The van der Waals surface area contributed by atoms with Crippen molar-refractivity contribution < 1.29 is 18.0 Å². The number of nitrogens with one attached hydrogen (secondary N) is 1. The lowest BCUT2D eigenvalue weighted by atomic mass is 9.95. The third-order valence-corrected chi connectivity index (χ3v) is 8.07. The molecule has 2 amide bonds. The molecule has 196 valence electrons. The highest BCUT2D eigenvalue weighted by molar-refractivity contribution is 7.92. The number of nitrogens with zero attached hydrogens (tertiary/aromatic N) is 2. The first-order valence-corrected chi connectivity index (χ1v) is 14.6. The van der Waals surface area contributed by atoms with Crippen LogP contribution in [0.25, 0.3) is 0 Å².